The summed E-state index contributed by atoms with van der Waals surface area (Å²) in [5.41, 5.74) is 5.29. The molecule has 4 heteroatoms. The Hall–Kier alpha value is -1.55. The van der Waals surface area contributed by atoms with Gasteiger partial charge in [0.05, 0.1) is 5.92 Å². The van der Waals surface area contributed by atoms with Crippen LogP contribution in [0.15, 0.2) is 42.7 Å². The number of rotatable bonds is 2. The van der Waals surface area contributed by atoms with Gasteiger partial charge in [0.1, 0.15) is 18.9 Å². The van der Waals surface area contributed by atoms with E-state index in [0.717, 1.165) is 19.3 Å². The second-order valence-electron chi connectivity index (χ2n) is 6.65. The van der Waals surface area contributed by atoms with Crippen LogP contribution >= 0.6 is 0 Å². The Morgan fingerprint density at radius 3 is 2.71 bits per heavy atom. The predicted molar refractivity (Wildman–Crippen MR) is 89.6 cm³/mol. The van der Waals surface area contributed by atoms with Crippen LogP contribution in [0.4, 0.5) is 4.39 Å². The van der Waals surface area contributed by atoms with Crippen molar-refractivity contribution in [2.75, 3.05) is 13.1 Å². The van der Waals surface area contributed by atoms with Crippen LogP contribution in [0.3, 0.4) is 0 Å². The van der Waals surface area contributed by atoms with E-state index >= 15 is 0 Å². The fourth-order valence-electron chi connectivity index (χ4n) is 4.11. The SMILES string of the molecule is Fc1ccc2c(c1)CCC(=[N+]1CCCC1)C2Cc1cccnc1.[Br-]. The van der Waals surface area contributed by atoms with E-state index in [1.54, 1.807) is 17.8 Å². The Labute approximate surface area is 153 Å². The quantitative estimate of drug-likeness (QED) is 0.693. The standard InChI is InChI=1S/C20H22FN2.BrH/c21-17-6-7-18-16(13-17)5-8-20(23-10-1-2-11-23)19(18)12-15-4-3-9-22-14-15;/h3-4,6-7,9,13-14,19H,1-2,5,8,10-12H2;1H/q+1;/p-1. The van der Waals surface area contributed by atoms with Gasteiger partial charge >= 0.3 is 0 Å². The summed E-state index contributed by atoms with van der Waals surface area (Å²) < 4.78 is 16.2. The van der Waals surface area contributed by atoms with E-state index < -0.39 is 0 Å². The minimum atomic E-state index is -0.117. The molecule has 0 radical (unpaired) electrons. The van der Waals surface area contributed by atoms with Crippen LogP contribution in [-0.2, 0) is 12.8 Å². The Morgan fingerprint density at radius 1 is 1.12 bits per heavy atom. The van der Waals surface area contributed by atoms with E-state index in [9.17, 15) is 4.39 Å². The van der Waals surface area contributed by atoms with Crippen LogP contribution in [-0.4, -0.2) is 28.4 Å². The van der Waals surface area contributed by atoms with E-state index in [4.69, 9.17) is 0 Å². The van der Waals surface area contributed by atoms with Crippen molar-refractivity contribution in [3.63, 3.8) is 0 Å². The van der Waals surface area contributed by atoms with Gasteiger partial charge in [-0.25, -0.2) is 8.97 Å². The Kier molecular flexibility index (Phi) is 5.44. The van der Waals surface area contributed by atoms with Gasteiger partial charge < -0.3 is 17.0 Å². The predicted octanol–water partition coefficient (Wildman–Crippen LogP) is 0.744. The molecular weight excluding hydrogens is 367 g/mol. The molecule has 1 aliphatic carbocycles. The van der Waals surface area contributed by atoms with Crippen molar-refractivity contribution in [1.29, 1.82) is 0 Å². The lowest BCUT2D eigenvalue weighted by molar-refractivity contribution is -0.509. The molecule has 2 nitrogen and oxygen atoms in total. The first-order valence-electron chi connectivity index (χ1n) is 8.59. The fraction of sp³-hybridized carbons (Fsp3) is 0.400. The highest BCUT2D eigenvalue weighted by molar-refractivity contribution is 5.89. The smallest absolute Gasteiger partial charge is 0.160 e. The molecule has 0 amide bonds. The molecule has 0 spiro atoms. The molecule has 0 bridgehead atoms. The topological polar surface area (TPSA) is 15.9 Å². The van der Waals surface area contributed by atoms with Gasteiger partial charge in [-0.1, -0.05) is 12.1 Å². The molecule has 24 heavy (non-hydrogen) atoms. The maximum atomic E-state index is 13.6. The number of fused-ring (bicyclic) bond motifs is 1. The lowest BCUT2D eigenvalue weighted by atomic mass is 9.78. The van der Waals surface area contributed by atoms with Gasteiger partial charge in [-0.2, -0.15) is 0 Å². The molecule has 1 saturated heterocycles. The van der Waals surface area contributed by atoms with Gasteiger partial charge in [-0.05, 0) is 47.7 Å². The summed E-state index contributed by atoms with van der Waals surface area (Å²) in [6.07, 6.45) is 9.33. The summed E-state index contributed by atoms with van der Waals surface area (Å²) in [6, 6.07) is 9.49. The molecule has 0 saturated carbocycles. The molecule has 1 unspecified atom stereocenters. The summed E-state index contributed by atoms with van der Waals surface area (Å²) in [5, 5.41) is 0. The highest BCUT2D eigenvalue weighted by atomic mass is 79.9. The van der Waals surface area contributed by atoms with Gasteiger partial charge in [0.15, 0.2) is 5.71 Å². The third-order valence-electron chi connectivity index (χ3n) is 5.21. The van der Waals surface area contributed by atoms with Crippen LogP contribution in [0.2, 0.25) is 0 Å². The number of benzene rings is 1. The monoisotopic (exact) mass is 388 g/mol. The largest absolute Gasteiger partial charge is 1.00 e. The van der Waals surface area contributed by atoms with Crippen molar-refractivity contribution in [3.05, 3.63) is 65.2 Å². The number of pyridine rings is 1. The van der Waals surface area contributed by atoms with Crippen molar-refractivity contribution in [2.45, 2.75) is 38.0 Å². The molecule has 126 valence electrons. The molecule has 1 aromatic carbocycles. The number of halogens is 2. The van der Waals surface area contributed by atoms with Gasteiger partial charge in [-0.3, -0.25) is 4.98 Å². The molecule has 2 aromatic rings. The summed E-state index contributed by atoms with van der Waals surface area (Å²) >= 11 is 0. The zero-order valence-corrected chi connectivity index (χ0v) is 15.3. The zero-order valence-electron chi connectivity index (χ0n) is 13.7. The van der Waals surface area contributed by atoms with Crippen LogP contribution in [0.5, 0.6) is 0 Å². The third kappa shape index (κ3) is 3.44. The molecule has 0 N–H and O–H groups in total. The second-order valence-corrected chi connectivity index (χ2v) is 6.65. The third-order valence-corrected chi connectivity index (χ3v) is 5.21. The van der Waals surface area contributed by atoms with Crippen molar-refractivity contribution in [3.8, 4) is 0 Å². The molecule has 4 rings (SSSR count). The Bertz CT molecular complexity index is 735. The summed E-state index contributed by atoms with van der Waals surface area (Å²) in [5.74, 6) is 0.246. The van der Waals surface area contributed by atoms with E-state index in [0.29, 0.717) is 5.92 Å². The van der Waals surface area contributed by atoms with Crippen LogP contribution in [0.25, 0.3) is 0 Å². The van der Waals surface area contributed by atoms with Crippen molar-refractivity contribution in [2.24, 2.45) is 0 Å². The second kappa shape index (κ2) is 7.56. The first-order valence-corrected chi connectivity index (χ1v) is 8.59. The first-order chi connectivity index (χ1) is 11.3. The van der Waals surface area contributed by atoms with Crippen LogP contribution < -0.4 is 17.0 Å². The van der Waals surface area contributed by atoms with Crippen molar-refractivity contribution in [1.82, 2.24) is 4.98 Å². The summed E-state index contributed by atoms with van der Waals surface area (Å²) in [4.78, 5) is 4.26. The maximum absolute atomic E-state index is 13.6. The molecule has 1 aliphatic heterocycles. The van der Waals surface area contributed by atoms with Gasteiger partial charge in [0.25, 0.3) is 0 Å². The lowest BCUT2D eigenvalue weighted by Crippen LogP contribution is -3.00. The molecule has 2 heterocycles. The Morgan fingerprint density at radius 2 is 1.96 bits per heavy atom. The van der Waals surface area contributed by atoms with Gasteiger partial charge in [-0.15, -0.1) is 0 Å². The van der Waals surface area contributed by atoms with E-state index in [1.165, 1.54) is 42.6 Å². The molecular formula is C20H22BrFN2. The summed E-state index contributed by atoms with van der Waals surface area (Å²) in [7, 11) is 0. The average molecular weight is 389 g/mol. The van der Waals surface area contributed by atoms with Gasteiger partial charge in [0.2, 0.25) is 0 Å². The lowest BCUT2D eigenvalue weighted by Gasteiger charge is -2.26. The average Bonchev–Trinajstić information content (AvgIpc) is 3.10. The first kappa shape index (κ1) is 17.3. The highest BCUT2D eigenvalue weighted by Gasteiger charge is 2.33. The molecule has 1 fully saturated rings. The molecule has 1 aromatic heterocycles. The molecule has 2 aliphatic rings. The highest BCUT2D eigenvalue weighted by Crippen LogP contribution is 2.33. The van der Waals surface area contributed by atoms with E-state index in [1.807, 2.05) is 24.5 Å². The molecule has 1 atom stereocenters. The number of aromatic nitrogens is 1. The summed E-state index contributed by atoms with van der Waals surface area (Å²) in [6.45, 7) is 2.35. The zero-order chi connectivity index (χ0) is 15.6. The van der Waals surface area contributed by atoms with Crippen molar-refractivity contribution < 1.29 is 25.9 Å². The number of hydrogen-bond donors (Lipinski definition) is 0. The van der Waals surface area contributed by atoms with Gasteiger partial charge in [0, 0.05) is 31.7 Å². The maximum Gasteiger partial charge on any atom is 0.160 e. The number of aryl methyl sites for hydroxylation is 1. The number of nitrogens with zero attached hydrogens (tertiary/aromatic N) is 2. The van der Waals surface area contributed by atoms with E-state index in [2.05, 4.69) is 15.6 Å². The van der Waals surface area contributed by atoms with Crippen LogP contribution in [0.1, 0.15) is 41.9 Å². The van der Waals surface area contributed by atoms with E-state index in [-0.39, 0.29) is 22.8 Å². The Balaban J connectivity index is 0.00000169. The normalized spacial score (nSPS) is 19.8. The minimum Gasteiger partial charge on any atom is -1.00 e. The number of hydrogen-bond acceptors (Lipinski definition) is 1. The van der Waals surface area contributed by atoms with Crippen LogP contribution in [0, 0.1) is 5.82 Å². The minimum absolute atomic E-state index is 0. The van der Waals surface area contributed by atoms with Crippen molar-refractivity contribution >= 4 is 5.71 Å². The fourth-order valence-corrected chi connectivity index (χ4v) is 4.11.